The summed E-state index contributed by atoms with van der Waals surface area (Å²) in [4.78, 5) is 43.6. The Bertz CT molecular complexity index is 1400. The quantitative estimate of drug-likeness (QED) is 0.134. The highest BCUT2D eigenvalue weighted by molar-refractivity contribution is 5.89. The average molecular weight is 611 g/mol. The number of nitrogens with zero attached hydrogens (tertiary/aromatic N) is 1. The first-order valence-corrected chi connectivity index (χ1v) is 14.9. The summed E-state index contributed by atoms with van der Waals surface area (Å²) in [5.41, 5.74) is 3.76. The van der Waals surface area contributed by atoms with Crippen LogP contribution in [-0.4, -0.2) is 54.0 Å². The molecule has 0 spiro atoms. The molecule has 11 nitrogen and oxygen atoms in total. The molecule has 11 heteroatoms. The zero-order valence-electron chi connectivity index (χ0n) is 26.3. The van der Waals surface area contributed by atoms with Crippen LogP contribution >= 0.6 is 0 Å². The molecule has 1 aromatic heterocycles. The van der Waals surface area contributed by atoms with Crippen LogP contribution in [0.5, 0.6) is 0 Å². The number of benzene rings is 2. The average Bonchev–Trinajstić information content (AvgIpc) is 3.01. The molecule has 2 amide bonds. The fourth-order valence-electron chi connectivity index (χ4n) is 5.01. The maximum absolute atomic E-state index is 13.8. The van der Waals surface area contributed by atoms with Crippen molar-refractivity contribution >= 4 is 22.7 Å². The van der Waals surface area contributed by atoms with Crippen molar-refractivity contribution in [2.24, 2.45) is 18.4 Å². The van der Waals surface area contributed by atoms with Crippen LogP contribution in [0.4, 0.5) is 0 Å². The molecule has 3 atom stereocenters. The SMILES string of the molecule is CNC(=O)[C@@H](NC(=O)[C@H](CCCCOCc1ccccc1)C(CONO)OCc1ccc2c(ccc(=O)n2C)c1)C(C)(C)C. The third-order valence-corrected chi connectivity index (χ3v) is 7.58. The van der Waals surface area contributed by atoms with Gasteiger partial charge in [0.2, 0.25) is 11.8 Å². The molecule has 4 N–H and O–H groups in total. The van der Waals surface area contributed by atoms with Gasteiger partial charge in [-0.2, -0.15) is 0 Å². The van der Waals surface area contributed by atoms with E-state index >= 15 is 0 Å². The Labute approximate surface area is 258 Å². The number of hydrogen-bond acceptors (Lipinski definition) is 8. The number of amides is 2. The summed E-state index contributed by atoms with van der Waals surface area (Å²) in [5, 5.41) is 15.6. The minimum Gasteiger partial charge on any atom is -0.377 e. The van der Waals surface area contributed by atoms with Crippen molar-refractivity contribution in [3.63, 3.8) is 0 Å². The Morgan fingerprint density at radius 2 is 1.70 bits per heavy atom. The normalized spacial score (nSPS) is 13.8. The van der Waals surface area contributed by atoms with E-state index < -0.39 is 23.5 Å². The second-order valence-electron chi connectivity index (χ2n) is 11.9. The Kier molecular flexibility index (Phi) is 13.5. The molecule has 2 aromatic carbocycles. The molecule has 0 saturated heterocycles. The predicted octanol–water partition coefficient (Wildman–Crippen LogP) is 3.61. The summed E-state index contributed by atoms with van der Waals surface area (Å²) in [6.07, 6.45) is 1.04. The summed E-state index contributed by atoms with van der Waals surface area (Å²) >= 11 is 0. The molecule has 0 aliphatic heterocycles. The van der Waals surface area contributed by atoms with Gasteiger partial charge in [-0.25, -0.2) is 0 Å². The van der Waals surface area contributed by atoms with Crippen LogP contribution in [0.15, 0.2) is 65.5 Å². The molecule has 0 aliphatic carbocycles. The number of aromatic nitrogens is 1. The highest BCUT2D eigenvalue weighted by Gasteiger charge is 2.36. The van der Waals surface area contributed by atoms with Gasteiger partial charge < -0.3 is 24.7 Å². The van der Waals surface area contributed by atoms with Gasteiger partial charge in [-0.3, -0.25) is 24.4 Å². The summed E-state index contributed by atoms with van der Waals surface area (Å²) in [6, 6.07) is 18.1. The number of aryl methyl sites for hydroxylation is 1. The Balaban J connectivity index is 1.75. The van der Waals surface area contributed by atoms with Crippen LogP contribution in [0.2, 0.25) is 0 Å². The molecule has 1 heterocycles. The Morgan fingerprint density at radius 1 is 0.955 bits per heavy atom. The number of carbonyl (C=O) groups is 2. The summed E-state index contributed by atoms with van der Waals surface area (Å²) in [5.74, 6) is -1.35. The summed E-state index contributed by atoms with van der Waals surface area (Å²) < 4.78 is 13.7. The molecular formula is C33H46N4O7. The molecular weight excluding hydrogens is 564 g/mol. The van der Waals surface area contributed by atoms with E-state index in [1.54, 1.807) is 23.3 Å². The van der Waals surface area contributed by atoms with E-state index in [2.05, 4.69) is 10.6 Å². The highest BCUT2D eigenvalue weighted by Crippen LogP contribution is 2.24. The van der Waals surface area contributed by atoms with Crippen molar-refractivity contribution in [2.75, 3.05) is 20.3 Å². The minimum atomic E-state index is -0.777. The van der Waals surface area contributed by atoms with E-state index in [-0.39, 0.29) is 30.6 Å². The third kappa shape index (κ3) is 10.2. The summed E-state index contributed by atoms with van der Waals surface area (Å²) in [7, 11) is 3.25. The number of carbonyl (C=O) groups excluding carboxylic acids is 2. The van der Waals surface area contributed by atoms with E-state index in [0.717, 1.165) is 22.0 Å². The van der Waals surface area contributed by atoms with E-state index in [1.807, 2.05) is 69.3 Å². The second kappa shape index (κ2) is 17.0. The number of hydrogen-bond donors (Lipinski definition) is 4. The number of fused-ring (bicyclic) bond motifs is 1. The Hall–Kier alpha value is -3.61. The maximum Gasteiger partial charge on any atom is 0.250 e. The van der Waals surface area contributed by atoms with E-state index in [0.29, 0.717) is 32.5 Å². The summed E-state index contributed by atoms with van der Waals surface area (Å²) in [6.45, 7) is 6.71. The number of unbranched alkanes of at least 4 members (excludes halogenated alkanes) is 1. The van der Waals surface area contributed by atoms with Crippen molar-refractivity contribution in [3.05, 3.63) is 82.1 Å². The molecule has 3 aromatic rings. The monoisotopic (exact) mass is 610 g/mol. The fourth-order valence-corrected chi connectivity index (χ4v) is 5.01. The zero-order chi connectivity index (χ0) is 32.1. The van der Waals surface area contributed by atoms with Gasteiger partial charge in [0.1, 0.15) is 6.04 Å². The lowest BCUT2D eigenvalue weighted by Gasteiger charge is -2.33. The number of ether oxygens (including phenoxy) is 2. The predicted molar refractivity (Wildman–Crippen MR) is 168 cm³/mol. The van der Waals surface area contributed by atoms with Crippen molar-refractivity contribution in [2.45, 2.75) is 65.4 Å². The molecule has 240 valence electrons. The standard InChI is InChI=1S/C33H46N4O7/c1-33(2,3)30(32(40)34-4)35-31(39)26(13-9-10-18-42-20-23-11-7-6-8-12-23)28(22-44-36-41)43-21-24-14-16-27-25(19-24)15-17-29(38)37(27)5/h6-8,11-12,14-17,19,26,28,30,36,41H,9-10,13,18,20-22H2,1-5H3,(H,34,40)(H,35,39)/t26-,28?,30-/m1/s1. The molecule has 0 saturated carbocycles. The van der Waals surface area contributed by atoms with Crippen molar-refractivity contribution < 1.29 is 29.1 Å². The molecule has 3 rings (SSSR count). The largest absolute Gasteiger partial charge is 0.377 e. The highest BCUT2D eigenvalue weighted by atomic mass is 16.8. The van der Waals surface area contributed by atoms with Crippen LogP contribution in [0, 0.1) is 11.3 Å². The first-order valence-electron chi connectivity index (χ1n) is 14.9. The number of rotatable bonds is 17. The second-order valence-corrected chi connectivity index (χ2v) is 11.9. The number of nitrogens with one attached hydrogen (secondary N) is 3. The van der Waals surface area contributed by atoms with Crippen molar-refractivity contribution in [1.82, 2.24) is 20.8 Å². The molecule has 0 fully saturated rings. The molecule has 1 unspecified atom stereocenters. The third-order valence-electron chi connectivity index (χ3n) is 7.58. The van der Waals surface area contributed by atoms with Gasteiger partial charge in [-0.05, 0) is 53.0 Å². The molecule has 0 aliphatic rings. The number of likely N-dealkylation sites (N-methyl/N-ethyl adjacent to an activating group) is 1. The first-order chi connectivity index (χ1) is 21.0. The van der Waals surface area contributed by atoms with Crippen LogP contribution in [0.3, 0.4) is 0 Å². The lowest BCUT2D eigenvalue weighted by molar-refractivity contribution is -0.170. The lowest BCUT2D eigenvalue weighted by Crippen LogP contribution is -2.55. The van der Waals surface area contributed by atoms with Crippen molar-refractivity contribution in [1.29, 1.82) is 0 Å². The van der Waals surface area contributed by atoms with Gasteiger partial charge in [0.15, 0.2) is 0 Å². The first kappa shape index (κ1) is 34.9. The van der Waals surface area contributed by atoms with Gasteiger partial charge in [-0.1, -0.05) is 69.2 Å². The minimum absolute atomic E-state index is 0.0974. The van der Waals surface area contributed by atoms with Crippen LogP contribution in [0.1, 0.15) is 51.2 Å². The molecule has 0 radical (unpaired) electrons. The van der Waals surface area contributed by atoms with Gasteiger partial charge in [0, 0.05) is 26.8 Å². The zero-order valence-corrected chi connectivity index (χ0v) is 26.3. The van der Waals surface area contributed by atoms with E-state index in [1.165, 1.54) is 13.1 Å². The lowest BCUT2D eigenvalue weighted by atomic mass is 9.85. The fraction of sp³-hybridized carbons (Fsp3) is 0.485. The smallest absolute Gasteiger partial charge is 0.250 e. The van der Waals surface area contributed by atoms with Crippen LogP contribution in [-0.2, 0) is 44.2 Å². The Morgan fingerprint density at radius 3 is 2.39 bits per heavy atom. The van der Waals surface area contributed by atoms with E-state index in [9.17, 15) is 19.6 Å². The van der Waals surface area contributed by atoms with Gasteiger partial charge >= 0.3 is 0 Å². The van der Waals surface area contributed by atoms with Gasteiger partial charge in [0.05, 0.1) is 37.4 Å². The van der Waals surface area contributed by atoms with Gasteiger partial charge in [0.25, 0.3) is 5.56 Å². The maximum atomic E-state index is 13.8. The van der Waals surface area contributed by atoms with Crippen LogP contribution < -0.4 is 21.8 Å². The number of pyridine rings is 1. The van der Waals surface area contributed by atoms with Crippen LogP contribution in [0.25, 0.3) is 10.9 Å². The van der Waals surface area contributed by atoms with Crippen molar-refractivity contribution in [3.8, 4) is 0 Å². The molecule has 44 heavy (non-hydrogen) atoms. The van der Waals surface area contributed by atoms with Gasteiger partial charge in [-0.15, -0.1) is 0 Å². The van der Waals surface area contributed by atoms with E-state index in [4.69, 9.17) is 14.3 Å². The topological polar surface area (TPSA) is 140 Å². The molecule has 0 bridgehead atoms.